The van der Waals surface area contributed by atoms with Crippen molar-refractivity contribution < 1.29 is 4.39 Å². The number of halogens is 1. The summed E-state index contributed by atoms with van der Waals surface area (Å²) in [7, 11) is 0. The molecule has 0 aliphatic rings. The Hall–Kier alpha value is -2.72. The van der Waals surface area contributed by atoms with Crippen molar-refractivity contribution >= 4 is 17.3 Å². The van der Waals surface area contributed by atoms with Crippen LogP contribution in [-0.4, -0.2) is 9.97 Å². The van der Waals surface area contributed by atoms with Gasteiger partial charge in [0.25, 0.3) is 0 Å². The van der Waals surface area contributed by atoms with E-state index in [2.05, 4.69) is 20.7 Å². The lowest BCUT2D eigenvalue weighted by Gasteiger charge is -2.07. The van der Waals surface area contributed by atoms with E-state index in [-0.39, 0.29) is 5.56 Å². The molecule has 2 rings (SSSR count). The Labute approximate surface area is 102 Å². The van der Waals surface area contributed by atoms with Crippen molar-refractivity contribution in [3.8, 4) is 6.07 Å². The van der Waals surface area contributed by atoms with Crippen molar-refractivity contribution in [3.05, 3.63) is 42.0 Å². The van der Waals surface area contributed by atoms with Crippen LogP contribution in [0, 0.1) is 17.1 Å². The molecule has 1 heterocycles. The minimum Gasteiger partial charge on any atom is -0.339 e. The third kappa shape index (κ3) is 2.50. The highest BCUT2D eigenvalue weighted by Crippen LogP contribution is 2.18. The zero-order valence-electron chi connectivity index (χ0n) is 9.18. The highest BCUT2D eigenvalue weighted by Gasteiger charge is 2.04. The number of nitrogens with two attached hydrogens (primary N) is 1. The average molecular weight is 244 g/mol. The molecule has 0 amide bonds. The molecule has 90 valence electrons. The number of aromatic nitrogens is 2. The van der Waals surface area contributed by atoms with Crippen LogP contribution >= 0.6 is 0 Å². The molecule has 7 heteroatoms. The molecule has 0 radical (unpaired) electrons. The summed E-state index contributed by atoms with van der Waals surface area (Å²) < 4.78 is 13.1. The van der Waals surface area contributed by atoms with Gasteiger partial charge in [-0.1, -0.05) is 0 Å². The summed E-state index contributed by atoms with van der Waals surface area (Å²) in [6.07, 6.45) is 2.94. The molecule has 1 aromatic carbocycles. The second kappa shape index (κ2) is 5.07. The second-order valence-corrected chi connectivity index (χ2v) is 3.37. The maximum Gasteiger partial charge on any atom is 0.160 e. The van der Waals surface area contributed by atoms with Crippen molar-refractivity contribution in [2.24, 2.45) is 5.84 Å². The topological polar surface area (TPSA) is 99.7 Å². The van der Waals surface area contributed by atoms with Gasteiger partial charge in [0, 0.05) is 5.69 Å². The molecule has 0 unspecified atom stereocenters. The van der Waals surface area contributed by atoms with E-state index >= 15 is 0 Å². The molecule has 2 aromatic rings. The molecule has 4 N–H and O–H groups in total. The predicted octanol–water partition coefficient (Wildman–Crippen LogP) is 1.52. The number of hydrazine groups is 1. The van der Waals surface area contributed by atoms with E-state index in [9.17, 15) is 4.39 Å². The Morgan fingerprint density at radius 2 is 2.06 bits per heavy atom. The van der Waals surface area contributed by atoms with Crippen molar-refractivity contribution in [2.75, 3.05) is 10.7 Å². The fraction of sp³-hybridized carbons (Fsp3) is 0. The van der Waals surface area contributed by atoms with Gasteiger partial charge >= 0.3 is 0 Å². The van der Waals surface area contributed by atoms with Gasteiger partial charge in [-0.3, -0.25) is 4.98 Å². The minimum atomic E-state index is -0.563. The molecule has 18 heavy (non-hydrogen) atoms. The van der Waals surface area contributed by atoms with E-state index in [0.29, 0.717) is 17.3 Å². The summed E-state index contributed by atoms with van der Waals surface area (Å²) in [4.78, 5) is 7.98. The number of nitrogen functional groups attached to an aromatic ring is 1. The maximum absolute atomic E-state index is 13.1. The van der Waals surface area contributed by atoms with Crippen LogP contribution in [0.5, 0.6) is 0 Å². The Kier molecular flexibility index (Phi) is 3.31. The summed E-state index contributed by atoms with van der Waals surface area (Å²) >= 11 is 0. The summed E-state index contributed by atoms with van der Waals surface area (Å²) in [5.74, 6) is 5.46. The van der Waals surface area contributed by atoms with Crippen LogP contribution in [0.25, 0.3) is 0 Å². The van der Waals surface area contributed by atoms with E-state index in [1.807, 2.05) is 0 Å². The highest BCUT2D eigenvalue weighted by atomic mass is 19.1. The molecule has 0 aliphatic carbocycles. The summed E-state index contributed by atoms with van der Waals surface area (Å²) in [5.41, 5.74) is 2.86. The SMILES string of the molecule is N#Cc1cc(Nc2cncc(NN)n2)ccc1F. The Morgan fingerprint density at radius 3 is 2.78 bits per heavy atom. The largest absolute Gasteiger partial charge is 0.339 e. The van der Waals surface area contributed by atoms with Crippen LogP contribution in [0.4, 0.5) is 21.7 Å². The molecular weight excluding hydrogens is 235 g/mol. The van der Waals surface area contributed by atoms with Gasteiger partial charge in [0.05, 0.1) is 18.0 Å². The lowest BCUT2D eigenvalue weighted by molar-refractivity contribution is 0.624. The quantitative estimate of drug-likeness (QED) is 0.559. The van der Waals surface area contributed by atoms with Gasteiger partial charge in [0.1, 0.15) is 11.9 Å². The van der Waals surface area contributed by atoms with Crippen LogP contribution in [0.3, 0.4) is 0 Å². The second-order valence-electron chi connectivity index (χ2n) is 3.37. The Morgan fingerprint density at radius 1 is 1.28 bits per heavy atom. The number of hydrogen-bond donors (Lipinski definition) is 3. The van der Waals surface area contributed by atoms with E-state index < -0.39 is 5.82 Å². The van der Waals surface area contributed by atoms with E-state index in [0.717, 1.165) is 0 Å². The number of benzene rings is 1. The summed E-state index contributed by atoms with van der Waals surface area (Å²) in [6, 6.07) is 5.86. The lowest BCUT2D eigenvalue weighted by atomic mass is 10.2. The molecule has 0 bridgehead atoms. The van der Waals surface area contributed by atoms with Crippen molar-refractivity contribution in [2.45, 2.75) is 0 Å². The first-order valence-corrected chi connectivity index (χ1v) is 4.98. The number of nitrogens with one attached hydrogen (secondary N) is 2. The van der Waals surface area contributed by atoms with Gasteiger partial charge in [-0.05, 0) is 18.2 Å². The fourth-order valence-corrected chi connectivity index (χ4v) is 1.33. The Balaban J connectivity index is 2.26. The first-order valence-electron chi connectivity index (χ1n) is 4.98. The molecule has 1 aromatic heterocycles. The minimum absolute atomic E-state index is 0.0407. The molecule has 0 saturated heterocycles. The normalized spacial score (nSPS) is 9.61. The van der Waals surface area contributed by atoms with E-state index in [1.165, 1.54) is 30.6 Å². The van der Waals surface area contributed by atoms with Crippen LogP contribution in [0.15, 0.2) is 30.6 Å². The van der Waals surface area contributed by atoms with Gasteiger partial charge in [-0.2, -0.15) is 5.26 Å². The zero-order chi connectivity index (χ0) is 13.0. The van der Waals surface area contributed by atoms with Crippen molar-refractivity contribution in [3.63, 3.8) is 0 Å². The molecule has 6 nitrogen and oxygen atoms in total. The molecular formula is C11H9FN6. The molecule has 0 atom stereocenters. The Bertz CT molecular complexity index is 607. The third-order valence-electron chi connectivity index (χ3n) is 2.14. The fourth-order valence-electron chi connectivity index (χ4n) is 1.33. The van der Waals surface area contributed by atoms with E-state index in [1.54, 1.807) is 6.07 Å². The van der Waals surface area contributed by atoms with Crippen LogP contribution < -0.4 is 16.6 Å². The summed E-state index contributed by atoms with van der Waals surface area (Å²) in [5, 5.41) is 11.6. The van der Waals surface area contributed by atoms with Crippen molar-refractivity contribution in [1.82, 2.24) is 9.97 Å². The smallest absolute Gasteiger partial charge is 0.160 e. The van der Waals surface area contributed by atoms with Crippen LogP contribution in [-0.2, 0) is 0 Å². The predicted molar refractivity (Wildman–Crippen MR) is 64.2 cm³/mol. The number of nitriles is 1. The van der Waals surface area contributed by atoms with Gasteiger partial charge in [-0.15, -0.1) is 0 Å². The monoisotopic (exact) mass is 244 g/mol. The molecule has 0 saturated carbocycles. The number of nitrogens with zero attached hydrogens (tertiary/aromatic N) is 3. The molecule has 0 aliphatic heterocycles. The number of anilines is 3. The van der Waals surface area contributed by atoms with Crippen LogP contribution in [0.2, 0.25) is 0 Å². The zero-order valence-corrected chi connectivity index (χ0v) is 9.18. The number of rotatable bonds is 3. The standard InChI is InChI=1S/C11H9FN6/c12-9-2-1-8(3-7(9)4-13)16-10-5-15-6-11(17-10)18-14/h1-3,5-6H,14H2,(H2,16,17,18). The third-order valence-corrected chi connectivity index (χ3v) is 2.14. The van der Waals surface area contributed by atoms with Gasteiger partial charge in [0.2, 0.25) is 0 Å². The maximum atomic E-state index is 13.1. The van der Waals surface area contributed by atoms with Gasteiger partial charge in [0.15, 0.2) is 11.6 Å². The molecule has 0 fully saturated rings. The lowest BCUT2D eigenvalue weighted by Crippen LogP contribution is -2.09. The van der Waals surface area contributed by atoms with Crippen molar-refractivity contribution in [1.29, 1.82) is 5.26 Å². The average Bonchev–Trinajstić information content (AvgIpc) is 2.41. The van der Waals surface area contributed by atoms with Gasteiger partial charge in [-0.25, -0.2) is 15.2 Å². The first kappa shape index (κ1) is 11.8. The summed E-state index contributed by atoms with van der Waals surface area (Å²) in [6.45, 7) is 0. The van der Waals surface area contributed by atoms with Gasteiger partial charge < -0.3 is 10.7 Å². The number of hydrogen-bond acceptors (Lipinski definition) is 6. The van der Waals surface area contributed by atoms with Crippen LogP contribution in [0.1, 0.15) is 5.56 Å². The van der Waals surface area contributed by atoms with E-state index in [4.69, 9.17) is 11.1 Å². The highest BCUT2D eigenvalue weighted by molar-refractivity contribution is 5.59. The first-order chi connectivity index (χ1) is 8.72. The molecule has 0 spiro atoms.